The number of halogens is 2. The second-order valence-corrected chi connectivity index (χ2v) is 4.39. The maximum absolute atomic E-state index is 11.1. The van der Waals surface area contributed by atoms with Crippen molar-refractivity contribution in [3.05, 3.63) is 58.1 Å². The van der Waals surface area contributed by atoms with Crippen LogP contribution in [0.3, 0.4) is 0 Å². The summed E-state index contributed by atoms with van der Waals surface area (Å²) in [7, 11) is 0. The summed E-state index contributed by atoms with van der Waals surface area (Å²) in [5, 5.41) is 12.9. The van der Waals surface area contributed by atoms with Crippen LogP contribution in [0.2, 0.25) is 10.0 Å². The molecule has 3 nitrogen and oxygen atoms in total. The number of hydrogen-bond acceptors (Lipinski definition) is 2. The summed E-state index contributed by atoms with van der Waals surface area (Å²) in [5.74, 6) is -1.01. The van der Waals surface area contributed by atoms with Crippen LogP contribution in [0.4, 0.5) is 11.4 Å². The van der Waals surface area contributed by atoms with Crippen LogP contribution in [0.15, 0.2) is 42.5 Å². The predicted molar refractivity (Wildman–Crippen MR) is 78.9 cm³/mol. The summed E-state index contributed by atoms with van der Waals surface area (Å²) in [5.41, 5.74) is 1.10. The number of carboxylic acid groups (broad SMARTS) is 1. The van der Waals surface area contributed by atoms with Crippen LogP contribution < -0.4 is 5.32 Å². The first kappa shape index (κ1) is 16.3. The molecule has 6 heteroatoms. The van der Waals surface area contributed by atoms with E-state index in [1.165, 1.54) is 6.07 Å². The Morgan fingerprint density at radius 1 is 1.00 bits per heavy atom. The Morgan fingerprint density at radius 2 is 1.58 bits per heavy atom. The molecule has 0 aromatic heterocycles. The fraction of sp³-hybridized carbons (Fsp3) is 0. The number of anilines is 2. The average Bonchev–Trinajstić information content (AvgIpc) is 2.34. The number of carbonyl (C=O) groups is 1. The van der Waals surface area contributed by atoms with Crippen molar-refractivity contribution >= 4 is 70.1 Å². The number of aromatic carboxylic acids is 1. The monoisotopic (exact) mass is 304 g/mol. The third-order valence-electron chi connectivity index (χ3n) is 2.38. The molecule has 0 saturated heterocycles. The first-order valence-corrected chi connectivity index (χ1v) is 5.88. The predicted octanol–water partition coefficient (Wildman–Crippen LogP) is 4.05. The van der Waals surface area contributed by atoms with Gasteiger partial charge in [-0.15, -0.1) is 0 Å². The molecule has 0 aliphatic heterocycles. The minimum absolute atomic E-state index is 0. The van der Waals surface area contributed by atoms with Crippen molar-refractivity contribution in [1.29, 1.82) is 0 Å². The van der Waals surface area contributed by atoms with Gasteiger partial charge < -0.3 is 10.4 Å². The quantitative estimate of drug-likeness (QED) is 0.841. The molecule has 2 rings (SSSR count). The van der Waals surface area contributed by atoms with Gasteiger partial charge in [0.05, 0.1) is 27.0 Å². The van der Waals surface area contributed by atoms with Crippen molar-refractivity contribution in [3.8, 4) is 0 Å². The summed E-state index contributed by atoms with van der Waals surface area (Å²) in [6, 6.07) is 11.6. The van der Waals surface area contributed by atoms with Crippen LogP contribution in [0.25, 0.3) is 0 Å². The molecule has 0 bridgehead atoms. The zero-order valence-electron chi connectivity index (χ0n) is 10.2. The maximum atomic E-state index is 11.1. The zero-order valence-corrected chi connectivity index (χ0v) is 13.7. The third kappa shape index (κ3) is 3.88. The molecule has 2 aromatic carbocycles. The summed E-state index contributed by atoms with van der Waals surface area (Å²) >= 11 is 12.0. The summed E-state index contributed by atoms with van der Waals surface area (Å²) in [6.07, 6.45) is 0. The number of hydrogen-bond donors (Lipinski definition) is 2. The van der Waals surface area contributed by atoms with E-state index in [2.05, 4.69) is 5.32 Å². The third-order valence-corrected chi connectivity index (χ3v) is 3.01. The van der Waals surface area contributed by atoms with E-state index in [-0.39, 0.29) is 35.1 Å². The van der Waals surface area contributed by atoms with Gasteiger partial charge in [0, 0.05) is 29.6 Å². The SMILES string of the molecule is O=C(O)c1ccccc1Nc1c(Cl)cccc1Cl.[Na]. The van der Waals surface area contributed by atoms with Gasteiger partial charge in [-0.05, 0) is 24.3 Å². The second-order valence-electron chi connectivity index (χ2n) is 3.57. The van der Waals surface area contributed by atoms with Crippen molar-refractivity contribution in [1.82, 2.24) is 0 Å². The molecule has 2 N–H and O–H groups in total. The zero-order chi connectivity index (χ0) is 13.1. The minimum Gasteiger partial charge on any atom is -0.478 e. The molecule has 0 amide bonds. The van der Waals surface area contributed by atoms with Gasteiger partial charge in [-0.1, -0.05) is 41.4 Å². The Kier molecular flexibility index (Phi) is 6.17. The molecule has 0 aliphatic carbocycles. The van der Waals surface area contributed by atoms with Gasteiger partial charge in [0.2, 0.25) is 0 Å². The average molecular weight is 305 g/mol. The summed E-state index contributed by atoms with van der Waals surface area (Å²) < 4.78 is 0. The Morgan fingerprint density at radius 3 is 2.16 bits per heavy atom. The van der Waals surface area contributed by atoms with E-state index in [1.807, 2.05) is 0 Å². The van der Waals surface area contributed by atoms with Gasteiger partial charge in [0.25, 0.3) is 0 Å². The number of para-hydroxylation sites is 2. The number of rotatable bonds is 3. The number of benzene rings is 2. The van der Waals surface area contributed by atoms with E-state index in [0.717, 1.165) is 0 Å². The topological polar surface area (TPSA) is 49.3 Å². The van der Waals surface area contributed by atoms with E-state index in [0.29, 0.717) is 21.4 Å². The number of carboxylic acids is 1. The molecular weight excluding hydrogens is 296 g/mol. The Balaban J connectivity index is 0.00000180. The second kappa shape index (κ2) is 7.17. The molecule has 1 radical (unpaired) electrons. The Bertz CT molecular complexity index is 585. The van der Waals surface area contributed by atoms with Gasteiger partial charge in [-0.3, -0.25) is 0 Å². The van der Waals surface area contributed by atoms with E-state index in [1.54, 1.807) is 36.4 Å². The van der Waals surface area contributed by atoms with Crippen LogP contribution in [-0.4, -0.2) is 40.6 Å². The van der Waals surface area contributed by atoms with Crippen molar-refractivity contribution in [2.75, 3.05) is 5.32 Å². The van der Waals surface area contributed by atoms with E-state index >= 15 is 0 Å². The molecule has 0 saturated carbocycles. The van der Waals surface area contributed by atoms with Crippen LogP contribution in [0.1, 0.15) is 10.4 Å². The van der Waals surface area contributed by atoms with Gasteiger partial charge in [-0.25, -0.2) is 4.79 Å². The summed E-state index contributed by atoms with van der Waals surface area (Å²) in [4.78, 5) is 11.1. The van der Waals surface area contributed by atoms with Crippen LogP contribution >= 0.6 is 23.2 Å². The molecule has 2 aromatic rings. The maximum Gasteiger partial charge on any atom is 0.337 e. The molecule has 0 aliphatic rings. The first-order valence-electron chi connectivity index (χ1n) is 5.13. The first-order chi connectivity index (χ1) is 8.59. The summed E-state index contributed by atoms with van der Waals surface area (Å²) in [6.45, 7) is 0. The van der Waals surface area contributed by atoms with Crippen LogP contribution in [0.5, 0.6) is 0 Å². The smallest absolute Gasteiger partial charge is 0.337 e. The van der Waals surface area contributed by atoms with Gasteiger partial charge in [0.15, 0.2) is 0 Å². The van der Waals surface area contributed by atoms with Gasteiger partial charge >= 0.3 is 5.97 Å². The van der Waals surface area contributed by atoms with Crippen molar-refractivity contribution < 1.29 is 9.90 Å². The minimum atomic E-state index is -1.01. The van der Waals surface area contributed by atoms with Crippen LogP contribution in [0, 0.1) is 0 Å². The largest absolute Gasteiger partial charge is 0.478 e. The molecule has 93 valence electrons. The van der Waals surface area contributed by atoms with Crippen molar-refractivity contribution in [3.63, 3.8) is 0 Å². The van der Waals surface area contributed by atoms with Crippen LogP contribution in [-0.2, 0) is 0 Å². The molecule has 0 heterocycles. The van der Waals surface area contributed by atoms with E-state index in [9.17, 15) is 4.79 Å². The van der Waals surface area contributed by atoms with Gasteiger partial charge in [-0.2, -0.15) is 0 Å². The van der Waals surface area contributed by atoms with Crippen molar-refractivity contribution in [2.45, 2.75) is 0 Å². The van der Waals surface area contributed by atoms with E-state index < -0.39 is 5.97 Å². The number of nitrogens with one attached hydrogen (secondary N) is 1. The van der Waals surface area contributed by atoms with E-state index in [4.69, 9.17) is 28.3 Å². The molecule has 0 spiro atoms. The standard InChI is InChI=1S/C13H9Cl2NO2.Na/c14-9-5-3-6-10(15)12(9)16-11-7-2-1-4-8(11)13(17)18;/h1-7,16H,(H,17,18);. The molecule has 0 unspecified atom stereocenters. The molecule has 19 heavy (non-hydrogen) atoms. The molecule has 0 atom stereocenters. The normalized spacial score (nSPS) is 9.58. The van der Waals surface area contributed by atoms with Crippen molar-refractivity contribution in [2.24, 2.45) is 0 Å². The van der Waals surface area contributed by atoms with Gasteiger partial charge in [0.1, 0.15) is 0 Å². The Hall–Kier alpha value is -0.710. The fourth-order valence-corrected chi connectivity index (χ4v) is 2.02. The molecule has 0 fully saturated rings. The molecular formula is C13H9Cl2NNaO2. The Labute approximate surface area is 142 Å². The fourth-order valence-electron chi connectivity index (χ4n) is 1.53.